The van der Waals surface area contributed by atoms with Gasteiger partial charge in [-0.2, -0.15) is 0 Å². The maximum Gasteiger partial charge on any atom is 0.338 e. The van der Waals surface area contributed by atoms with Gasteiger partial charge in [0.15, 0.2) is 0 Å². The monoisotopic (exact) mass is 271 g/mol. The molecule has 2 rings (SSSR count). The Labute approximate surface area is 109 Å². The maximum absolute atomic E-state index is 13.8. The highest BCUT2D eigenvalue weighted by Crippen LogP contribution is 2.27. The van der Waals surface area contributed by atoms with E-state index in [0.717, 1.165) is 6.07 Å². The van der Waals surface area contributed by atoms with Gasteiger partial charge in [0.25, 0.3) is 0 Å². The van der Waals surface area contributed by atoms with Crippen molar-refractivity contribution in [3.05, 3.63) is 29.3 Å². The maximum atomic E-state index is 13.8. The molecule has 0 spiro atoms. The molecular formula is C13H15F2NO3. The third kappa shape index (κ3) is 2.84. The molecular weight excluding hydrogens is 256 g/mol. The van der Waals surface area contributed by atoms with E-state index in [1.807, 2.05) is 0 Å². The van der Waals surface area contributed by atoms with E-state index < -0.39 is 23.2 Å². The first kappa shape index (κ1) is 13.7. The van der Waals surface area contributed by atoms with Gasteiger partial charge in [-0.3, -0.25) is 0 Å². The van der Waals surface area contributed by atoms with Gasteiger partial charge in [0, 0.05) is 25.8 Å². The van der Waals surface area contributed by atoms with E-state index in [-0.39, 0.29) is 18.2 Å². The van der Waals surface area contributed by atoms with Crippen LogP contribution >= 0.6 is 0 Å². The zero-order valence-electron chi connectivity index (χ0n) is 10.3. The van der Waals surface area contributed by atoms with Gasteiger partial charge in [0.05, 0.1) is 11.3 Å². The van der Waals surface area contributed by atoms with Crippen molar-refractivity contribution >= 4 is 11.7 Å². The molecule has 6 heteroatoms. The fourth-order valence-electron chi connectivity index (χ4n) is 2.30. The first-order valence-electron chi connectivity index (χ1n) is 6.11. The first-order valence-corrected chi connectivity index (χ1v) is 6.11. The van der Waals surface area contributed by atoms with E-state index in [2.05, 4.69) is 0 Å². The van der Waals surface area contributed by atoms with Gasteiger partial charge in [0.1, 0.15) is 11.6 Å². The number of hydrogen-bond acceptors (Lipinski definition) is 3. The smallest absolute Gasteiger partial charge is 0.338 e. The molecule has 0 amide bonds. The van der Waals surface area contributed by atoms with Gasteiger partial charge in [-0.05, 0) is 24.8 Å². The van der Waals surface area contributed by atoms with Crippen LogP contribution in [0.4, 0.5) is 14.5 Å². The number of rotatable bonds is 3. The SMILES string of the molecule is O=C(O)c1cc(F)c(N2CCC(CO)CC2)cc1F. The molecule has 0 bridgehead atoms. The Hall–Kier alpha value is -1.69. The second-order valence-corrected chi connectivity index (χ2v) is 4.70. The van der Waals surface area contributed by atoms with Crippen LogP contribution < -0.4 is 4.90 Å². The van der Waals surface area contributed by atoms with Crippen LogP contribution in [0.2, 0.25) is 0 Å². The first-order chi connectivity index (χ1) is 9.02. The molecule has 19 heavy (non-hydrogen) atoms. The molecule has 1 aliphatic heterocycles. The summed E-state index contributed by atoms with van der Waals surface area (Å²) in [6.07, 6.45) is 1.41. The largest absolute Gasteiger partial charge is 0.478 e. The normalized spacial score (nSPS) is 16.7. The molecule has 0 unspecified atom stereocenters. The number of carboxylic acid groups (broad SMARTS) is 1. The lowest BCUT2D eigenvalue weighted by Crippen LogP contribution is -2.35. The zero-order valence-corrected chi connectivity index (χ0v) is 10.3. The summed E-state index contributed by atoms with van der Waals surface area (Å²) in [5.74, 6) is -2.96. The van der Waals surface area contributed by atoms with E-state index in [0.29, 0.717) is 32.0 Å². The fraction of sp³-hybridized carbons (Fsp3) is 0.462. The van der Waals surface area contributed by atoms with Gasteiger partial charge >= 0.3 is 5.97 Å². The Bertz CT molecular complexity index is 485. The highest BCUT2D eigenvalue weighted by molar-refractivity contribution is 5.88. The number of piperidine rings is 1. The molecule has 1 saturated heterocycles. The molecule has 1 aromatic carbocycles. The van der Waals surface area contributed by atoms with Crippen molar-refractivity contribution in [2.75, 3.05) is 24.6 Å². The number of anilines is 1. The molecule has 104 valence electrons. The van der Waals surface area contributed by atoms with Crippen LogP contribution in [-0.4, -0.2) is 35.9 Å². The van der Waals surface area contributed by atoms with Gasteiger partial charge in [0.2, 0.25) is 0 Å². The zero-order chi connectivity index (χ0) is 14.0. The van der Waals surface area contributed by atoms with Crippen LogP contribution in [0.3, 0.4) is 0 Å². The van der Waals surface area contributed by atoms with Crippen LogP contribution in [0, 0.1) is 17.6 Å². The Kier molecular flexibility index (Phi) is 3.99. The van der Waals surface area contributed by atoms with Crippen molar-refractivity contribution in [1.29, 1.82) is 0 Å². The van der Waals surface area contributed by atoms with E-state index in [4.69, 9.17) is 10.2 Å². The number of halogens is 2. The second-order valence-electron chi connectivity index (χ2n) is 4.70. The summed E-state index contributed by atoms with van der Waals surface area (Å²) in [6.45, 7) is 1.14. The van der Waals surface area contributed by atoms with Crippen LogP contribution in [0.25, 0.3) is 0 Å². The van der Waals surface area contributed by atoms with Crippen molar-refractivity contribution in [1.82, 2.24) is 0 Å². The molecule has 0 aliphatic carbocycles. The molecule has 0 aromatic heterocycles. The van der Waals surface area contributed by atoms with Crippen molar-refractivity contribution < 1.29 is 23.8 Å². The average Bonchev–Trinajstić information content (AvgIpc) is 2.41. The van der Waals surface area contributed by atoms with Gasteiger partial charge in [-0.25, -0.2) is 13.6 Å². The van der Waals surface area contributed by atoms with Crippen LogP contribution in [0.1, 0.15) is 23.2 Å². The number of aromatic carboxylic acids is 1. The lowest BCUT2D eigenvalue weighted by atomic mass is 9.97. The number of nitrogens with zero attached hydrogens (tertiary/aromatic N) is 1. The molecule has 2 N–H and O–H groups in total. The van der Waals surface area contributed by atoms with E-state index in [9.17, 15) is 13.6 Å². The molecule has 0 atom stereocenters. The molecule has 1 fully saturated rings. The molecule has 0 saturated carbocycles. The van der Waals surface area contributed by atoms with Crippen molar-refractivity contribution in [2.24, 2.45) is 5.92 Å². The highest BCUT2D eigenvalue weighted by Gasteiger charge is 2.23. The summed E-state index contributed by atoms with van der Waals surface area (Å²) in [5, 5.41) is 17.7. The van der Waals surface area contributed by atoms with Crippen molar-refractivity contribution in [2.45, 2.75) is 12.8 Å². The number of carboxylic acids is 1. The summed E-state index contributed by atoms with van der Waals surface area (Å²) in [5.41, 5.74) is -0.578. The summed E-state index contributed by atoms with van der Waals surface area (Å²) in [6, 6.07) is 1.64. The standard InChI is InChI=1S/C13H15F2NO3/c14-10-6-12(11(15)5-9(10)13(18)19)16-3-1-8(7-17)2-4-16/h5-6,8,17H,1-4,7H2,(H,18,19). The number of aliphatic hydroxyl groups excluding tert-OH is 1. The highest BCUT2D eigenvalue weighted by atomic mass is 19.1. The summed E-state index contributed by atoms with van der Waals surface area (Å²) in [4.78, 5) is 12.4. The minimum atomic E-state index is -1.48. The third-order valence-corrected chi connectivity index (χ3v) is 3.48. The third-order valence-electron chi connectivity index (χ3n) is 3.48. The molecule has 1 heterocycles. The van der Waals surface area contributed by atoms with E-state index in [1.165, 1.54) is 0 Å². The molecule has 0 radical (unpaired) electrons. The number of aliphatic hydroxyl groups is 1. The quantitative estimate of drug-likeness (QED) is 0.881. The predicted molar refractivity (Wildman–Crippen MR) is 65.3 cm³/mol. The van der Waals surface area contributed by atoms with Crippen molar-refractivity contribution in [3.8, 4) is 0 Å². The predicted octanol–water partition coefficient (Wildman–Crippen LogP) is 1.87. The Balaban J connectivity index is 2.22. The van der Waals surface area contributed by atoms with Crippen LogP contribution in [0.15, 0.2) is 12.1 Å². The van der Waals surface area contributed by atoms with Crippen LogP contribution in [0.5, 0.6) is 0 Å². The Morgan fingerprint density at radius 2 is 1.89 bits per heavy atom. The second kappa shape index (κ2) is 5.52. The topological polar surface area (TPSA) is 60.8 Å². The number of carbonyl (C=O) groups is 1. The number of hydrogen-bond donors (Lipinski definition) is 2. The Morgan fingerprint density at radius 1 is 1.26 bits per heavy atom. The molecule has 4 nitrogen and oxygen atoms in total. The van der Waals surface area contributed by atoms with E-state index in [1.54, 1.807) is 4.90 Å². The van der Waals surface area contributed by atoms with Gasteiger partial charge in [-0.1, -0.05) is 0 Å². The Morgan fingerprint density at radius 3 is 2.42 bits per heavy atom. The molecule has 1 aromatic rings. The average molecular weight is 271 g/mol. The van der Waals surface area contributed by atoms with Crippen molar-refractivity contribution in [3.63, 3.8) is 0 Å². The minimum Gasteiger partial charge on any atom is -0.478 e. The number of benzene rings is 1. The van der Waals surface area contributed by atoms with Gasteiger partial charge in [-0.15, -0.1) is 0 Å². The van der Waals surface area contributed by atoms with Crippen LogP contribution in [-0.2, 0) is 0 Å². The minimum absolute atomic E-state index is 0.0823. The summed E-state index contributed by atoms with van der Waals surface area (Å²) >= 11 is 0. The van der Waals surface area contributed by atoms with E-state index >= 15 is 0 Å². The summed E-state index contributed by atoms with van der Waals surface area (Å²) < 4.78 is 27.4. The summed E-state index contributed by atoms with van der Waals surface area (Å²) in [7, 11) is 0. The lowest BCUT2D eigenvalue weighted by molar-refractivity contribution is 0.0691. The lowest BCUT2D eigenvalue weighted by Gasteiger charge is -2.33. The van der Waals surface area contributed by atoms with Gasteiger partial charge < -0.3 is 15.1 Å². The molecule has 1 aliphatic rings. The fourth-order valence-corrected chi connectivity index (χ4v) is 2.30.